The molecule has 0 fully saturated rings. The number of hydrogen-bond acceptors (Lipinski definition) is 5. The summed E-state index contributed by atoms with van der Waals surface area (Å²) in [6.45, 7) is 2.01. The Morgan fingerprint density at radius 3 is 2.55 bits per heavy atom. The topological polar surface area (TPSA) is 103 Å². The number of aromatic nitrogens is 1. The maximum Gasteiger partial charge on any atom is 0.271 e. The number of pyridine rings is 1. The molecule has 0 radical (unpaired) electrons. The fourth-order valence-electron chi connectivity index (χ4n) is 2.81. The van der Waals surface area contributed by atoms with Gasteiger partial charge in [-0.1, -0.05) is 18.2 Å². The summed E-state index contributed by atoms with van der Waals surface area (Å²) in [6.07, 6.45) is 1.60. The van der Waals surface area contributed by atoms with Gasteiger partial charge in [-0.05, 0) is 42.3 Å². The van der Waals surface area contributed by atoms with Crippen molar-refractivity contribution in [3.05, 3.63) is 98.0 Å². The monoisotopic (exact) mass is 393 g/mol. The fourth-order valence-corrected chi connectivity index (χ4v) is 2.81. The number of ether oxygens (including phenoxy) is 1. The van der Waals surface area contributed by atoms with Gasteiger partial charge in [0.25, 0.3) is 17.2 Å². The SMILES string of the molecule is COc1ccc(Cn2cccc(C(=O)Nc3cc([N+](=O)[O-])ccc3C)c2=O)cc1. The summed E-state index contributed by atoms with van der Waals surface area (Å²) >= 11 is 0. The lowest BCUT2D eigenvalue weighted by molar-refractivity contribution is -0.384. The first-order chi connectivity index (χ1) is 13.9. The van der Waals surface area contributed by atoms with Crippen LogP contribution < -0.4 is 15.6 Å². The van der Waals surface area contributed by atoms with Crippen LogP contribution in [-0.4, -0.2) is 22.5 Å². The van der Waals surface area contributed by atoms with E-state index < -0.39 is 16.4 Å². The van der Waals surface area contributed by atoms with Gasteiger partial charge in [-0.25, -0.2) is 0 Å². The molecule has 0 atom stereocenters. The molecule has 0 bridgehead atoms. The molecule has 3 rings (SSSR count). The van der Waals surface area contributed by atoms with Crippen LogP contribution in [0.2, 0.25) is 0 Å². The number of non-ortho nitro benzene ring substituents is 1. The zero-order valence-electron chi connectivity index (χ0n) is 15.9. The highest BCUT2D eigenvalue weighted by Crippen LogP contribution is 2.22. The first kappa shape index (κ1) is 19.8. The zero-order valence-corrected chi connectivity index (χ0v) is 15.9. The van der Waals surface area contributed by atoms with Crippen LogP contribution in [0.5, 0.6) is 5.75 Å². The van der Waals surface area contributed by atoms with E-state index in [-0.39, 0.29) is 16.9 Å². The van der Waals surface area contributed by atoms with Crippen LogP contribution in [0.15, 0.2) is 65.6 Å². The van der Waals surface area contributed by atoms with E-state index in [1.807, 2.05) is 12.1 Å². The maximum atomic E-state index is 12.8. The summed E-state index contributed by atoms with van der Waals surface area (Å²) < 4.78 is 6.55. The Hall–Kier alpha value is -3.94. The Bertz CT molecular complexity index is 1120. The highest BCUT2D eigenvalue weighted by molar-refractivity contribution is 6.04. The smallest absolute Gasteiger partial charge is 0.271 e. The van der Waals surface area contributed by atoms with Crippen LogP contribution in [0.25, 0.3) is 0 Å². The Balaban J connectivity index is 1.85. The number of carbonyl (C=O) groups excluding carboxylic acids is 1. The Morgan fingerprint density at radius 2 is 1.90 bits per heavy atom. The van der Waals surface area contributed by atoms with Gasteiger partial charge in [0.1, 0.15) is 11.3 Å². The van der Waals surface area contributed by atoms with Gasteiger partial charge < -0.3 is 14.6 Å². The molecule has 8 heteroatoms. The number of anilines is 1. The van der Waals surface area contributed by atoms with Crippen molar-refractivity contribution < 1.29 is 14.5 Å². The van der Waals surface area contributed by atoms with Crippen LogP contribution in [0.1, 0.15) is 21.5 Å². The van der Waals surface area contributed by atoms with Gasteiger partial charge in [0.2, 0.25) is 0 Å². The van der Waals surface area contributed by atoms with Gasteiger partial charge >= 0.3 is 0 Å². The third kappa shape index (κ3) is 4.49. The second-order valence-electron chi connectivity index (χ2n) is 6.41. The van der Waals surface area contributed by atoms with Crippen LogP contribution >= 0.6 is 0 Å². The zero-order chi connectivity index (χ0) is 21.0. The van der Waals surface area contributed by atoms with Crippen molar-refractivity contribution in [2.45, 2.75) is 13.5 Å². The summed E-state index contributed by atoms with van der Waals surface area (Å²) in [5, 5.41) is 13.6. The van der Waals surface area contributed by atoms with Gasteiger partial charge in [-0.2, -0.15) is 0 Å². The molecular formula is C21H19N3O5. The Morgan fingerprint density at radius 1 is 1.17 bits per heavy atom. The van der Waals surface area contributed by atoms with Crippen molar-refractivity contribution in [3.63, 3.8) is 0 Å². The second-order valence-corrected chi connectivity index (χ2v) is 6.41. The quantitative estimate of drug-likeness (QED) is 0.511. The highest BCUT2D eigenvalue weighted by atomic mass is 16.6. The molecule has 1 heterocycles. The molecule has 0 saturated heterocycles. The summed E-state index contributed by atoms with van der Waals surface area (Å²) in [5.41, 5.74) is 1.17. The number of rotatable bonds is 6. The number of nitro benzene ring substituents is 1. The standard InChI is InChI=1S/C21H19N3O5/c1-14-5-8-16(24(27)28)12-19(14)22-20(25)18-4-3-11-23(21(18)26)13-15-6-9-17(29-2)10-7-15/h3-12H,13H2,1-2H3,(H,22,25). The first-order valence-corrected chi connectivity index (χ1v) is 8.78. The molecule has 1 amide bonds. The Labute approximate surface area is 166 Å². The van der Waals surface area contributed by atoms with Crippen LogP contribution in [0.3, 0.4) is 0 Å². The van der Waals surface area contributed by atoms with Gasteiger partial charge in [0.15, 0.2) is 0 Å². The lowest BCUT2D eigenvalue weighted by atomic mass is 10.1. The molecule has 0 spiro atoms. The number of nitro groups is 1. The number of methoxy groups -OCH3 is 1. The number of benzene rings is 2. The molecule has 0 aliphatic carbocycles. The van der Waals surface area contributed by atoms with E-state index >= 15 is 0 Å². The van der Waals surface area contributed by atoms with Crippen molar-refractivity contribution >= 4 is 17.3 Å². The molecule has 8 nitrogen and oxygen atoms in total. The lowest BCUT2D eigenvalue weighted by Gasteiger charge is -2.11. The minimum Gasteiger partial charge on any atom is -0.497 e. The van der Waals surface area contributed by atoms with Crippen molar-refractivity contribution in [3.8, 4) is 5.75 Å². The van der Waals surface area contributed by atoms with Crippen LogP contribution in [0, 0.1) is 17.0 Å². The van der Waals surface area contributed by atoms with Crippen molar-refractivity contribution in [1.82, 2.24) is 4.57 Å². The van der Waals surface area contributed by atoms with E-state index in [0.29, 0.717) is 17.9 Å². The largest absolute Gasteiger partial charge is 0.497 e. The summed E-state index contributed by atoms with van der Waals surface area (Å²) in [6, 6.07) is 14.5. The van der Waals surface area contributed by atoms with Gasteiger partial charge in [0.05, 0.1) is 24.3 Å². The molecule has 148 valence electrons. The lowest BCUT2D eigenvalue weighted by Crippen LogP contribution is -2.29. The maximum absolute atomic E-state index is 12.8. The summed E-state index contributed by atoms with van der Waals surface area (Å²) in [7, 11) is 1.57. The molecule has 2 aromatic carbocycles. The first-order valence-electron chi connectivity index (χ1n) is 8.78. The molecule has 0 unspecified atom stereocenters. The molecular weight excluding hydrogens is 374 g/mol. The predicted molar refractivity (Wildman–Crippen MR) is 109 cm³/mol. The Kier molecular flexibility index (Phi) is 5.73. The molecule has 0 aliphatic rings. The molecule has 1 aromatic heterocycles. The molecule has 0 saturated carbocycles. The van der Waals surface area contributed by atoms with E-state index in [1.165, 1.54) is 22.8 Å². The number of nitrogens with one attached hydrogen (secondary N) is 1. The van der Waals surface area contributed by atoms with Crippen LogP contribution in [0.4, 0.5) is 11.4 Å². The van der Waals surface area contributed by atoms with Crippen molar-refractivity contribution in [2.75, 3.05) is 12.4 Å². The number of aryl methyl sites for hydroxylation is 1. The third-order valence-corrected chi connectivity index (χ3v) is 4.46. The predicted octanol–water partition coefficient (Wildman–Crippen LogP) is 3.37. The van der Waals surface area contributed by atoms with Crippen molar-refractivity contribution in [1.29, 1.82) is 0 Å². The van der Waals surface area contributed by atoms with Crippen LogP contribution in [-0.2, 0) is 6.54 Å². The molecule has 3 aromatic rings. The average molecular weight is 393 g/mol. The summed E-state index contributed by atoms with van der Waals surface area (Å²) in [5.74, 6) is 0.0872. The van der Waals surface area contributed by atoms with Gasteiger partial charge in [0, 0.05) is 18.3 Å². The van der Waals surface area contributed by atoms with E-state index in [0.717, 1.165) is 5.56 Å². The van der Waals surface area contributed by atoms with Crippen molar-refractivity contribution in [2.24, 2.45) is 0 Å². The second kappa shape index (κ2) is 8.39. The fraction of sp³-hybridized carbons (Fsp3) is 0.143. The van der Waals surface area contributed by atoms with E-state index in [4.69, 9.17) is 4.74 Å². The average Bonchev–Trinajstić information content (AvgIpc) is 2.71. The number of hydrogen-bond donors (Lipinski definition) is 1. The highest BCUT2D eigenvalue weighted by Gasteiger charge is 2.16. The van der Waals surface area contributed by atoms with E-state index in [1.54, 1.807) is 44.5 Å². The molecule has 29 heavy (non-hydrogen) atoms. The minimum atomic E-state index is -0.623. The number of amides is 1. The number of nitrogens with zero attached hydrogens (tertiary/aromatic N) is 2. The van der Waals surface area contributed by atoms with Gasteiger partial charge in [-0.15, -0.1) is 0 Å². The van der Waals surface area contributed by atoms with E-state index in [9.17, 15) is 19.7 Å². The molecule has 1 N–H and O–H groups in total. The third-order valence-electron chi connectivity index (χ3n) is 4.46. The normalized spacial score (nSPS) is 10.4. The van der Waals surface area contributed by atoms with E-state index in [2.05, 4.69) is 5.32 Å². The summed E-state index contributed by atoms with van der Waals surface area (Å²) in [4.78, 5) is 35.8. The molecule has 0 aliphatic heterocycles. The minimum absolute atomic E-state index is 0.0492. The van der Waals surface area contributed by atoms with Gasteiger partial charge in [-0.3, -0.25) is 19.7 Å². The number of carbonyl (C=O) groups is 1.